The van der Waals surface area contributed by atoms with E-state index in [4.69, 9.17) is 5.11 Å². The molecule has 1 aliphatic carbocycles. The van der Waals surface area contributed by atoms with E-state index in [1.54, 1.807) is 6.07 Å². The molecular formula is C26H34O4S. The van der Waals surface area contributed by atoms with Crippen molar-refractivity contribution in [2.24, 2.45) is 5.92 Å². The number of thiophene rings is 1. The van der Waals surface area contributed by atoms with Gasteiger partial charge in [0.15, 0.2) is 0 Å². The first-order chi connectivity index (χ1) is 15.0. The third-order valence-electron chi connectivity index (χ3n) is 6.31. The summed E-state index contributed by atoms with van der Waals surface area (Å²) in [7, 11) is 0. The lowest BCUT2D eigenvalue weighted by Gasteiger charge is -2.17. The molecule has 4 nitrogen and oxygen atoms in total. The number of benzene rings is 1. The Labute approximate surface area is 189 Å². The second-order valence-electron chi connectivity index (χ2n) is 8.51. The van der Waals surface area contributed by atoms with E-state index in [0.29, 0.717) is 10.8 Å². The number of allylic oxidation sites excluding steroid dienone is 1. The van der Waals surface area contributed by atoms with Crippen LogP contribution in [0.4, 0.5) is 0 Å². The first kappa shape index (κ1) is 23.7. The molecule has 0 saturated carbocycles. The lowest BCUT2D eigenvalue weighted by atomic mass is 9.88. The van der Waals surface area contributed by atoms with Crippen LogP contribution >= 0.6 is 11.3 Å². The Kier molecular flexibility index (Phi) is 8.88. The Morgan fingerprint density at radius 1 is 1.13 bits per heavy atom. The van der Waals surface area contributed by atoms with E-state index in [1.807, 2.05) is 18.2 Å². The van der Waals surface area contributed by atoms with Gasteiger partial charge in [-0.05, 0) is 78.8 Å². The first-order valence-corrected chi connectivity index (χ1v) is 12.3. The fraction of sp³-hybridized carbons (Fsp3) is 0.500. The molecular weight excluding hydrogens is 408 g/mol. The lowest BCUT2D eigenvalue weighted by molar-refractivity contribution is 0.0702. The monoisotopic (exact) mass is 442 g/mol. The van der Waals surface area contributed by atoms with Gasteiger partial charge in [0, 0.05) is 4.88 Å². The number of hydrogen-bond donors (Lipinski definition) is 3. The van der Waals surface area contributed by atoms with Crippen LogP contribution in [0.2, 0.25) is 0 Å². The molecule has 2 aromatic rings. The maximum absolute atomic E-state index is 11.1. The van der Waals surface area contributed by atoms with Gasteiger partial charge in [-0.25, -0.2) is 4.79 Å². The second-order valence-corrected chi connectivity index (χ2v) is 9.68. The van der Waals surface area contributed by atoms with Crippen LogP contribution in [0.3, 0.4) is 0 Å². The van der Waals surface area contributed by atoms with Crippen LogP contribution in [0, 0.1) is 5.92 Å². The van der Waals surface area contributed by atoms with Gasteiger partial charge in [0.25, 0.3) is 0 Å². The molecule has 1 aromatic carbocycles. The van der Waals surface area contributed by atoms with Crippen molar-refractivity contribution in [2.45, 2.75) is 70.8 Å². The number of aliphatic hydroxyl groups excluding tert-OH is 2. The maximum atomic E-state index is 11.1. The van der Waals surface area contributed by atoms with E-state index in [-0.39, 0.29) is 6.61 Å². The van der Waals surface area contributed by atoms with Gasteiger partial charge in [-0.15, -0.1) is 11.3 Å². The molecule has 2 unspecified atom stereocenters. The molecule has 0 fully saturated rings. The molecule has 168 valence electrons. The minimum absolute atomic E-state index is 0.0973. The Morgan fingerprint density at radius 2 is 1.90 bits per heavy atom. The third-order valence-corrected chi connectivity index (χ3v) is 7.44. The summed E-state index contributed by atoms with van der Waals surface area (Å²) in [6, 6.07) is 11.9. The number of unbranched alkanes of at least 4 members (excludes halogenated alkanes) is 2. The first-order valence-electron chi connectivity index (χ1n) is 11.5. The molecule has 5 heteroatoms. The molecule has 0 amide bonds. The average molecular weight is 443 g/mol. The van der Waals surface area contributed by atoms with Gasteiger partial charge < -0.3 is 15.3 Å². The summed E-state index contributed by atoms with van der Waals surface area (Å²) in [5.41, 5.74) is 4.52. The summed E-state index contributed by atoms with van der Waals surface area (Å²) in [4.78, 5) is 12.6. The van der Waals surface area contributed by atoms with Crippen molar-refractivity contribution in [1.82, 2.24) is 0 Å². The normalized spacial score (nSPS) is 17.3. The van der Waals surface area contributed by atoms with Gasteiger partial charge in [0.1, 0.15) is 4.88 Å². The van der Waals surface area contributed by atoms with Gasteiger partial charge in [0.2, 0.25) is 0 Å². The van der Waals surface area contributed by atoms with E-state index in [0.717, 1.165) is 79.4 Å². The van der Waals surface area contributed by atoms with Crippen LogP contribution in [0.15, 0.2) is 42.0 Å². The van der Waals surface area contributed by atoms with Crippen LogP contribution in [0.25, 0.3) is 5.57 Å². The predicted octanol–water partition coefficient (Wildman–Crippen LogP) is 6.24. The quantitative estimate of drug-likeness (QED) is 0.340. The SMILES string of the molecule is CCCCCC(O)c1ccc(C2=C(CO)CCC2CCCc2ccc(C(=O)O)s2)cc1. The highest BCUT2D eigenvalue weighted by Gasteiger charge is 2.26. The van der Waals surface area contributed by atoms with Crippen molar-refractivity contribution in [3.05, 3.63) is 62.9 Å². The van der Waals surface area contributed by atoms with Crippen molar-refractivity contribution in [3.8, 4) is 0 Å². The van der Waals surface area contributed by atoms with E-state index in [9.17, 15) is 15.0 Å². The summed E-state index contributed by atoms with van der Waals surface area (Å²) >= 11 is 1.36. The molecule has 3 rings (SSSR count). The highest BCUT2D eigenvalue weighted by Crippen LogP contribution is 2.42. The minimum Gasteiger partial charge on any atom is -0.477 e. The summed E-state index contributed by atoms with van der Waals surface area (Å²) < 4.78 is 0. The number of aryl methyl sites for hydroxylation is 1. The van der Waals surface area contributed by atoms with Crippen LogP contribution < -0.4 is 0 Å². The maximum Gasteiger partial charge on any atom is 0.345 e. The summed E-state index contributed by atoms with van der Waals surface area (Å²) in [6.45, 7) is 2.26. The van der Waals surface area contributed by atoms with Crippen molar-refractivity contribution < 1.29 is 20.1 Å². The highest BCUT2D eigenvalue weighted by atomic mass is 32.1. The van der Waals surface area contributed by atoms with Crippen molar-refractivity contribution >= 4 is 22.9 Å². The Hall–Kier alpha value is -1.95. The van der Waals surface area contributed by atoms with Gasteiger partial charge in [-0.1, -0.05) is 50.5 Å². The Bertz CT molecular complexity index is 881. The van der Waals surface area contributed by atoms with Gasteiger partial charge in [-0.2, -0.15) is 0 Å². The summed E-state index contributed by atoms with van der Waals surface area (Å²) in [5.74, 6) is -0.440. The number of aliphatic hydroxyl groups is 2. The molecule has 0 saturated heterocycles. The number of hydrogen-bond acceptors (Lipinski definition) is 4. The van der Waals surface area contributed by atoms with E-state index in [2.05, 4.69) is 19.1 Å². The third kappa shape index (κ3) is 6.28. The van der Waals surface area contributed by atoms with Crippen LogP contribution in [0.1, 0.15) is 90.1 Å². The number of aromatic carboxylic acids is 1. The zero-order chi connectivity index (χ0) is 22.2. The molecule has 1 heterocycles. The van der Waals surface area contributed by atoms with Gasteiger partial charge in [-0.3, -0.25) is 0 Å². The molecule has 1 aromatic heterocycles. The number of carboxylic acids is 1. The van der Waals surface area contributed by atoms with E-state index >= 15 is 0 Å². The Morgan fingerprint density at radius 3 is 2.55 bits per heavy atom. The molecule has 0 aliphatic heterocycles. The highest BCUT2D eigenvalue weighted by molar-refractivity contribution is 7.13. The zero-order valence-corrected chi connectivity index (χ0v) is 19.2. The van der Waals surface area contributed by atoms with Crippen molar-refractivity contribution in [1.29, 1.82) is 0 Å². The smallest absolute Gasteiger partial charge is 0.345 e. The average Bonchev–Trinajstić information content (AvgIpc) is 3.41. The van der Waals surface area contributed by atoms with Crippen LogP contribution in [-0.4, -0.2) is 27.9 Å². The van der Waals surface area contributed by atoms with E-state index in [1.165, 1.54) is 16.9 Å². The minimum atomic E-state index is -0.858. The molecule has 2 atom stereocenters. The molecule has 31 heavy (non-hydrogen) atoms. The second kappa shape index (κ2) is 11.6. The topological polar surface area (TPSA) is 77.8 Å². The molecule has 0 bridgehead atoms. The van der Waals surface area contributed by atoms with Crippen LogP contribution in [0.5, 0.6) is 0 Å². The standard InChI is InChI=1S/C26H34O4S/c1-2-3-4-8-23(28)18-9-11-20(12-10-18)25-19(13-14-21(25)17-27)6-5-7-22-15-16-24(31-22)26(29)30/h9-12,15-16,19,23,27-28H,2-8,13-14,17H2,1H3,(H,29,30). The zero-order valence-electron chi connectivity index (χ0n) is 18.3. The Balaban J connectivity index is 1.62. The summed E-state index contributed by atoms with van der Waals surface area (Å²) in [5, 5.41) is 29.4. The van der Waals surface area contributed by atoms with Gasteiger partial charge >= 0.3 is 5.97 Å². The number of carbonyl (C=O) groups is 1. The van der Waals surface area contributed by atoms with Crippen LogP contribution in [-0.2, 0) is 6.42 Å². The predicted molar refractivity (Wildman–Crippen MR) is 126 cm³/mol. The van der Waals surface area contributed by atoms with E-state index < -0.39 is 12.1 Å². The van der Waals surface area contributed by atoms with Crippen molar-refractivity contribution in [2.75, 3.05) is 6.61 Å². The lowest BCUT2D eigenvalue weighted by Crippen LogP contribution is -2.03. The largest absolute Gasteiger partial charge is 0.477 e. The molecule has 1 aliphatic rings. The molecule has 3 N–H and O–H groups in total. The molecule has 0 radical (unpaired) electrons. The van der Waals surface area contributed by atoms with Crippen molar-refractivity contribution in [3.63, 3.8) is 0 Å². The summed E-state index contributed by atoms with van der Waals surface area (Å²) in [6.07, 6.45) is 8.63. The van der Waals surface area contributed by atoms with Gasteiger partial charge in [0.05, 0.1) is 12.7 Å². The number of rotatable bonds is 12. The fourth-order valence-electron chi connectivity index (χ4n) is 4.60. The number of carboxylic acid groups (broad SMARTS) is 1. The molecule has 0 spiro atoms. The fourth-order valence-corrected chi connectivity index (χ4v) is 5.49.